The van der Waals surface area contributed by atoms with Gasteiger partial charge in [-0.15, -0.1) is 0 Å². The van der Waals surface area contributed by atoms with Gasteiger partial charge in [-0.05, 0) is 49.2 Å². The number of rotatable bonds is 3. The normalized spacial score (nSPS) is 13.8. The van der Waals surface area contributed by atoms with Gasteiger partial charge in [-0.25, -0.2) is 22.9 Å². The molecule has 0 saturated carbocycles. The van der Waals surface area contributed by atoms with Crippen molar-refractivity contribution in [1.29, 1.82) is 0 Å². The second kappa shape index (κ2) is 7.38. The number of hydrogen-bond acceptors (Lipinski definition) is 3. The van der Waals surface area contributed by atoms with E-state index in [4.69, 9.17) is 0 Å². The lowest BCUT2D eigenvalue weighted by Gasteiger charge is -2.17. The van der Waals surface area contributed by atoms with Crippen LogP contribution in [0.2, 0.25) is 0 Å². The summed E-state index contributed by atoms with van der Waals surface area (Å²) in [5.41, 5.74) is 0.234. The number of pyridine rings is 1. The van der Waals surface area contributed by atoms with Gasteiger partial charge in [-0.2, -0.15) is 0 Å². The number of nitrogens with zero attached hydrogens (tertiary/aromatic N) is 2. The minimum atomic E-state index is -0.904. The molecule has 3 aromatic rings. The molecule has 28 heavy (non-hydrogen) atoms. The molecule has 0 bridgehead atoms. The predicted octanol–water partition coefficient (Wildman–Crippen LogP) is 4.90. The maximum atomic E-state index is 14.5. The molecule has 2 aromatic carbocycles. The summed E-state index contributed by atoms with van der Waals surface area (Å²) in [5.74, 6) is -1.49. The summed E-state index contributed by atoms with van der Waals surface area (Å²) in [4.78, 5) is 18.6. The summed E-state index contributed by atoms with van der Waals surface area (Å²) in [6.07, 6.45) is 2.18. The zero-order valence-electron chi connectivity index (χ0n) is 14.8. The fraction of sp³-hybridized carbons (Fsp3) is 0.200. The summed E-state index contributed by atoms with van der Waals surface area (Å²) in [6.45, 7) is 1.81. The van der Waals surface area contributed by atoms with E-state index in [1.54, 1.807) is 12.1 Å². The molecule has 0 atom stereocenters. The van der Waals surface area contributed by atoms with E-state index in [-0.39, 0.29) is 16.9 Å². The summed E-state index contributed by atoms with van der Waals surface area (Å²) < 4.78 is 41.1. The molecule has 0 aliphatic carbocycles. The van der Waals surface area contributed by atoms with Gasteiger partial charge in [0.1, 0.15) is 23.0 Å². The number of nitrogens with one attached hydrogen (secondary N) is 2. The molecular weight excluding hydrogens is 369 g/mol. The van der Waals surface area contributed by atoms with Crippen LogP contribution < -0.4 is 15.5 Å². The van der Waals surface area contributed by atoms with Crippen molar-refractivity contribution < 1.29 is 18.0 Å². The highest BCUT2D eigenvalue weighted by Crippen LogP contribution is 2.26. The SMILES string of the molecule is O=C(Nc1cc(F)c2nc(N3CCCC3)ccc2c1)Nc1ccc(F)cc1F. The van der Waals surface area contributed by atoms with Crippen LogP contribution in [0.1, 0.15) is 12.8 Å². The van der Waals surface area contributed by atoms with Crippen LogP contribution in [0.25, 0.3) is 10.9 Å². The minimum absolute atomic E-state index is 0.183. The lowest BCUT2D eigenvalue weighted by Crippen LogP contribution is -2.20. The standard InChI is InChI=1S/C20H17F3N4O/c21-13-4-5-17(15(22)10-13)25-20(28)24-14-9-12-3-6-18(27-7-1-2-8-27)26-19(12)16(23)11-14/h3-6,9-11H,1-2,7-8H2,(H2,24,25,28). The first kappa shape index (κ1) is 18.1. The first-order valence-corrected chi connectivity index (χ1v) is 8.88. The van der Waals surface area contributed by atoms with E-state index in [1.807, 2.05) is 6.07 Å². The van der Waals surface area contributed by atoms with Gasteiger partial charge in [0.25, 0.3) is 0 Å². The van der Waals surface area contributed by atoms with Crippen LogP contribution >= 0.6 is 0 Å². The highest BCUT2D eigenvalue weighted by atomic mass is 19.1. The van der Waals surface area contributed by atoms with Crippen LogP contribution in [0.4, 0.5) is 35.2 Å². The van der Waals surface area contributed by atoms with E-state index in [0.29, 0.717) is 11.5 Å². The van der Waals surface area contributed by atoms with Crippen LogP contribution in [0, 0.1) is 17.5 Å². The van der Waals surface area contributed by atoms with Crippen molar-refractivity contribution in [2.24, 2.45) is 0 Å². The van der Waals surface area contributed by atoms with Crippen molar-refractivity contribution in [3.8, 4) is 0 Å². The van der Waals surface area contributed by atoms with E-state index in [2.05, 4.69) is 20.5 Å². The number of carbonyl (C=O) groups is 1. The van der Waals surface area contributed by atoms with Gasteiger partial charge in [-0.1, -0.05) is 0 Å². The molecule has 1 aromatic heterocycles. The van der Waals surface area contributed by atoms with Gasteiger partial charge >= 0.3 is 6.03 Å². The Kier molecular flexibility index (Phi) is 4.77. The second-order valence-corrected chi connectivity index (χ2v) is 6.60. The van der Waals surface area contributed by atoms with Crippen molar-refractivity contribution in [2.45, 2.75) is 12.8 Å². The quantitative estimate of drug-likeness (QED) is 0.673. The zero-order chi connectivity index (χ0) is 19.7. The molecular formula is C20H17F3N4O. The van der Waals surface area contributed by atoms with Crippen LogP contribution in [-0.2, 0) is 0 Å². The molecule has 8 heteroatoms. The van der Waals surface area contributed by atoms with E-state index in [0.717, 1.165) is 49.9 Å². The Morgan fingerprint density at radius 2 is 1.71 bits per heavy atom. The topological polar surface area (TPSA) is 57.3 Å². The average Bonchev–Trinajstić information content (AvgIpc) is 3.18. The summed E-state index contributed by atoms with van der Waals surface area (Å²) in [7, 11) is 0. The fourth-order valence-electron chi connectivity index (χ4n) is 3.25. The number of fused-ring (bicyclic) bond motifs is 1. The molecule has 0 radical (unpaired) electrons. The van der Waals surface area contributed by atoms with Crippen molar-refractivity contribution in [1.82, 2.24) is 4.98 Å². The third-order valence-corrected chi connectivity index (χ3v) is 4.60. The molecule has 0 unspecified atom stereocenters. The Hall–Kier alpha value is -3.29. The van der Waals surface area contributed by atoms with Crippen LogP contribution in [-0.4, -0.2) is 24.1 Å². The molecule has 1 aliphatic heterocycles. The number of urea groups is 1. The van der Waals surface area contributed by atoms with Crippen molar-refractivity contribution in [3.63, 3.8) is 0 Å². The lowest BCUT2D eigenvalue weighted by atomic mass is 10.2. The average molecular weight is 386 g/mol. The van der Waals surface area contributed by atoms with Crippen LogP contribution in [0.15, 0.2) is 42.5 Å². The molecule has 2 amide bonds. The summed E-state index contributed by atoms with van der Waals surface area (Å²) in [5, 5.41) is 5.24. The van der Waals surface area contributed by atoms with Gasteiger partial charge in [0.15, 0.2) is 5.82 Å². The Morgan fingerprint density at radius 1 is 0.929 bits per heavy atom. The number of halogens is 3. The molecule has 1 fully saturated rings. The zero-order valence-corrected chi connectivity index (χ0v) is 14.8. The monoisotopic (exact) mass is 386 g/mol. The fourth-order valence-corrected chi connectivity index (χ4v) is 3.25. The molecule has 1 aliphatic rings. The van der Waals surface area contributed by atoms with Gasteiger partial charge in [-0.3, -0.25) is 0 Å². The summed E-state index contributed by atoms with van der Waals surface area (Å²) in [6, 6.07) is 8.34. The number of aromatic nitrogens is 1. The third-order valence-electron chi connectivity index (χ3n) is 4.60. The largest absolute Gasteiger partial charge is 0.357 e. The first-order chi connectivity index (χ1) is 13.5. The first-order valence-electron chi connectivity index (χ1n) is 8.88. The molecule has 5 nitrogen and oxygen atoms in total. The van der Waals surface area contributed by atoms with Gasteiger partial charge in [0, 0.05) is 30.2 Å². The van der Waals surface area contributed by atoms with E-state index >= 15 is 0 Å². The van der Waals surface area contributed by atoms with E-state index in [9.17, 15) is 18.0 Å². The molecule has 1 saturated heterocycles. The highest BCUT2D eigenvalue weighted by molar-refractivity contribution is 6.01. The van der Waals surface area contributed by atoms with Gasteiger partial charge in [0.05, 0.1) is 5.69 Å². The predicted molar refractivity (Wildman–Crippen MR) is 102 cm³/mol. The second-order valence-electron chi connectivity index (χ2n) is 6.60. The maximum absolute atomic E-state index is 14.5. The Morgan fingerprint density at radius 3 is 2.46 bits per heavy atom. The minimum Gasteiger partial charge on any atom is -0.357 e. The summed E-state index contributed by atoms with van der Waals surface area (Å²) >= 11 is 0. The molecule has 2 heterocycles. The molecule has 2 N–H and O–H groups in total. The number of carbonyl (C=O) groups excluding carboxylic acids is 1. The Balaban J connectivity index is 1.53. The third kappa shape index (κ3) is 3.71. The number of hydrogen-bond donors (Lipinski definition) is 2. The Labute approximate surface area is 159 Å². The van der Waals surface area contributed by atoms with Crippen LogP contribution in [0.5, 0.6) is 0 Å². The molecule has 0 spiro atoms. The van der Waals surface area contributed by atoms with Crippen molar-refractivity contribution >= 4 is 34.1 Å². The van der Waals surface area contributed by atoms with E-state index < -0.39 is 23.5 Å². The number of amides is 2. The molecule has 144 valence electrons. The number of benzene rings is 2. The maximum Gasteiger partial charge on any atom is 0.323 e. The van der Waals surface area contributed by atoms with Gasteiger partial charge in [0.2, 0.25) is 0 Å². The highest BCUT2D eigenvalue weighted by Gasteiger charge is 2.16. The Bertz CT molecular complexity index is 1050. The van der Waals surface area contributed by atoms with Crippen molar-refractivity contribution in [2.75, 3.05) is 28.6 Å². The smallest absolute Gasteiger partial charge is 0.323 e. The van der Waals surface area contributed by atoms with Crippen LogP contribution in [0.3, 0.4) is 0 Å². The van der Waals surface area contributed by atoms with E-state index in [1.165, 1.54) is 0 Å². The lowest BCUT2D eigenvalue weighted by molar-refractivity contribution is 0.262. The molecule has 4 rings (SSSR count). The number of anilines is 3. The van der Waals surface area contributed by atoms with Crippen molar-refractivity contribution in [3.05, 3.63) is 59.9 Å². The van der Waals surface area contributed by atoms with Gasteiger partial charge < -0.3 is 15.5 Å².